The van der Waals surface area contributed by atoms with E-state index in [1.54, 1.807) is 37.9 Å². The van der Waals surface area contributed by atoms with E-state index >= 15 is 0 Å². The molecule has 1 aliphatic heterocycles. The molecule has 1 aromatic heterocycles. The van der Waals surface area contributed by atoms with Gasteiger partial charge in [0.15, 0.2) is 0 Å². The molecule has 0 fully saturated rings. The highest BCUT2D eigenvalue weighted by atomic mass is 19.1. The second kappa shape index (κ2) is 14.4. The van der Waals surface area contributed by atoms with Crippen molar-refractivity contribution in [3.8, 4) is 11.1 Å². The fraction of sp³-hybridized carbons (Fsp3) is 0.243. The Labute approximate surface area is 278 Å². The van der Waals surface area contributed by atoms with Crippen LogP contribution in [0.1, 0.15) is 56.8 Å². The normalized spacial score (nSPS) is 13.7. The van der Waals surface area contributed by atoms with Crippen LogP contribution in [0.4, 0.5) is 14.9 Å². The first-order valence-corrected chi connectivity index (χ1v) is 15.6. The van der Waals surface area contributed by atoms with Crippen molar-refractivity contribution in [2.75, 3.05) is 38.2 Å². The summed E-state index contributed by atoms with van der Waals surface area (Å²) in [4.78, 5) is 54.1. The van der Waals surface area contributed by atoms with Crippen molar-refractivity contribution in [1.29, 1.82) is 0 Å². The molecule has 0 radical (unpaired) electrons. The van der Waals surface area contributed by atoms with Crippen LogP contribution < -0.4 is 16.0 Å². The van der Waals surface area contributed by atoms with Crippen LogP contribution in [0.25, 0.3) is 22.8 Å². The summed E-state index contributed by atoms with van der Waals surface area (Å²) in [6.45, 7) is 6.62. The molecule has 0 atom stereocenters. The van der Waals surface area contributed by atoms with E-state index in [0.29, 0.717) is 45.9 Å². The van der Waals surface area contributed by atoms with Crippen molar-refractivity contribution >= 4 is 41.7 Å². The third kappa shape index (κ3) is 6.44. The summed E-state index contributed by atoms with van der Waals surface area (Å²) in [6, 6.07) is 20.6. The van der Waals surface area contributed by atoms with Gasteiger partial charge in [-0.1, -0.05) is 48.5 Å². The number of carbonyl (C=O) groups is 4. The molecule has 3 aromatic carbocycles. The number of anilines is 1. The second-order valence-electron chi connectivity index (χ2n) is 11.5. The molecule has 2 aliphatic rings. The van der Waals surface area contributed by atoms with E-state index in [1.165, 1.54) is 28.2 Å². The van der Waals surface area contributed by atoms with E-state index in [1.807, 2.05) is 31.2 Å². The SMILES string of the molecule is CCN(CCNC(=O)c1c(C)[nH]c(/C=C2\C(=O)N(C)c3ccc(F)cc32)c1C)C(=O)OCC1c2ccccc2-c2ccccc21.NC=O. The van der Waals surface area contributed by atoms with Gasteiger partial charge in [-0.3, -0.25) is 14.4 Å². The second-order valence-corrected chi connectivity index (χ2v) is 11.5. The molecule has 4 N–H and O–H groups in total. The molecule has 0 unspecified atom stereocenters. The topological polar surface area (TPSA) is 138 Å². The number of aryl methyl sites for hydroxylation is 1. The average molecular weight is 652 g/mol. The Morgan fingerprint density at radius 2 is 1.67 bits per heavy atom. The first-order valence-electron chi connectivity index (χ1n) is 15.6. The van der Waals surface area contributed by atoms with Gasteiger partial charge in [0.1, 0.15) is 12.4 Å². The van der Waals surface area contributed by atoms with Crippen LogP contribution in [0.15, 0.2) is 66.7 Å². The molecular weight excluding hydrogens is 613 g/mol. The lowest BCUT2D eigenvalue weighted by molar-refractivity contribution is -0.112. The summed E-state index contributed by atoms with van der Waals surface area (Å²) < 4.78 is 19.8. The minimum Gasteiger partial charge on any atom is -0.448 e. The number of H-pyrrole nitrogens is 1. The zero-order valence-electron chi connectivity index (χ0n) is 27.3. The smallest absolute Gasteiger partial charge is 0.409 e. The Hall–Kier alpha value is -5.71. The van der Waals surface area contributed by atoms with E-state index in [0.717, 1.165) is 11.1 Å². The summed E-state index contributed by atoms with van der Waals surface area (Å²) in [6.07, 6.45) is 1.48. The molecule has 4 amide bonds. The number of carbonyl (C=O) groups excluding carboxylic acids is 4. The first kappa shape index (κ1) is 33.6. The van der Waals surface area contributed by atoms with Crippen LogP contribution in [0.3, 0.4) is 0 Å². The van der Waals surface area contributed by atoms with Gasteiger partial charge in [-0.15, -0.1) is 0 Å². The Morgan fingerprint density at radius 1 is 1.04 bits per heavy atom. The molecule has 48 heavy (non-hydrogen) atoms. The van der Waals surface area contributed by atoms with Gasteiger partial charge in [0, 0.05) is 49.6 Å². The Bertz CT molecular complexity index is 1870. The van der Waals surface area contributed by atoms with Crippen molar-refractivity contribution in [3.63, 3.8) is 0 Å². The van der Waals surface area contributed by atoms with Crippen LogP contribution in [-0.2, 0) is 14.3 Å². The molecule has 0 bridgehead atoms. The summed E-state index contributed by atoms with van der Waals surface area (Å²) in [7, 11) is 1.65. The zero-order chi connectivity index (χ0) is 34.5. The molecule has 2 heterocycles. The summed E-state index contributed by atoms with van der Waals surface area (Å²) in [5.41, 5.74) is 12.6. The van der Waals surface area contributed by atoms with Gasteiger partial charge < -0.3 is 30.6 Å². The van der Waals surface area contributed by atoms with Gasteiger partial charge >= 0.3 is 6.09 Å². The molecule has 4 aromatic rings. The Morgan fingerprint density at radius 3 is 2.29 bits per heavy atom. The predicted molar refractivity (Wildman–Crippen MR) is 183 cm³/mol. The standard InChI is InChI=1S/C36H35FN4O4.CH3NO/c1-5-41(36(44)45-20-30-26-12-8-6-10-24(26)25-11-7-9-13-27(25)30)17-16-38-34(42)33-21(2)31(39-22(33)3)19-29-28-18-23(37)14-15-32(28)40(4)35(29)43;2-1-3/h6-15,18-19,30,39H,5,16-17,20H2,1-4H3,(H,38,42);1H,(H2,2,3)/b29-19-;. The lowest BCUT2D eigenvalue weighted by Crippen LogP contribution is -2.39. The maximum Gasteiger partial charge on any atom is 0.409 e. The number of amides is 4. The van der Waals surface area contributed by atoms with Crippen LogP contribution >= 0.6 is 0 Å². The highest BCUT2D eigenvalue weighted by Gasteiger charge is 2.32. The molecule has 0 spiro atoms. The third-order valence-corrected chi connectivity index (χ3v) is 8.78. The molecular formula is C37H38FN5O5. The number of nitrogens with one attached hydrogen (secondary N) is 2. The van der Waals surface area contributed by atoms with E-state index in [9.17, 15) is 18.8 Å². The van der Waals surface area contributed by atoms with E-state index in [-0.39, 0.29) is 43.8 Å². The summed E-state index contributed by atoms with van der Waals surface area (Å²) in [5, 5.41) is 2.92. The molecule has 0 saturated heterocycles. The summed E-state index contributed by atoms with van der Waals surface area (Å²) in [5.74, 6) is -1.01. The quantitative estimate of drug-likeness (QED) is 0.173. The Balaban J connectivity index is 0.00000145. The lowest BCUT2D eigenvalue weighted by Gasteiger charge is -2.22. The van der Waals surface area contributed by atoms with Crippen molar-refractivity contribution in [2.45, 2.75) is 26.7 Å². The number of hydrogen-bond acceptors (Lipinski definition) is 5. The molecule has 11 heteroatoms. The van der Waals surface area contributed by atoms with Crippen molar-refractivity contribution < 1.29 is 28.3 Å². The monoisotopic (exact) mass is 651 g/mol. The number of primary amides is 1. The van der Waals surface area contributed by atoms with Crippen molar-refractivity contribution in [3.05, 3.63) is 112 Å². The lowest BCUT2D eigenvalue weighted by atomic mass is 9.98. The van der Waals surface area contributed by atoms with Crippen LogP contribution in [0.5, 0.6) is 0 Å². The minimum atomic E-state index is -0.431. The number of likely N-dealkylation sites (N-methyl/N-ethyl adjacent to an activating group) is 2. The number of benzene rings is 3. The minimum absolute atomic E-state index is 0.0316. The molecule has 0 saturated carbocycles. The van der Waals surface area contributed by atoms with E-state index in [4.69, 9.17) is 9.53 Å². The number of halogens is 1. The zero-order valence-corrected chi connectivity index (χ0v) is 27.3. The van der Waals surface area contributed by atoms with E-state index in [2.05, 4.69) is 40.3 Å². The fourth-order valence-corrected chi connectivity index (χ4v) is 6.42. The van der Waals surface area contributed by atoms with Gasteiger partial charge in [-0.2, -0.15) is 0 Å². The van der Waals surface area contributed by atoms with Gasteiger partial charge in [0.2, 0.25) is 6.41 Å². The molecule has 6 rings (SSSR count). The van der Waals surface area contributed by atoms with Crippen LogP contribution in [-0.4, -0.2) is 67.5 Å². The predicted octanol–water partition coefficient (Wildman–Crippen LogP) is 5.39. The number of nitrogens with zero attached hydrogens (tertiary/aromatic N) is 2. The Kier molecular flexibility index (Phi) is 10.1. The number of aromatic amines is 1. The number of hydrogen-bond donors (Lipinski definition) is 3. The summed E-state index contributed by atoms with van der Waals surface area (Å²) >= 11 is 0. The highest BCUT2D eigenvalue weighted by Crippen LogP contribution is 2.44. The van der Waals surface area contributed by atoms with Gasteiger partial charge in [-0.05, 0) is 72.9 Å². The average Bonchev–Trinajstić information content (AvgIpc) is 3.64. The largest absolute Gasteiger partial charge is 0.448 e. The number of aromatic nitrogens is 1. The van der Waals surface area contributed by atoms with Crippen LogP contribution in [0, 0.1) is 19.7 Å². The number of nitrogens with two attached hydrogens (primary N) is 1. The molecule has 10 nitrogen and oxygen atoms in total. The highest BCUT2D eigenvalue weighted by molar-refractivity contribution is 6.35. The number of ether oxygens (including phenoxy) is 1. The number of fused-ring (bicyclic) bond motifs is 4. The maximum atomic E-state index is 14.0. The molecule has 1 aliphatic carbocycles. The van der Waals surface area contributed by atoms with Crippen molar-refractivity contribution in [1.82, 2.24) is 15.2 Å². The van der Waals surface area contributed by atoms with Gasteiger partial charge in [0.25, 0.3) is 11.8 Å². The van der Waals surface area contributed by atoms with Gasteiger partial charge in [-0.25, -0.2) is 9.18 Å². The van der Waals surface area contributed by atoms with Crippen LogP contribution in [0.2, 0.25) is 0 Å². The third-order valence-electron chi connectivity index (χ3n) is 8.78. The fourth-order valence-electron chi connectivity index (χ4n) is 6.42. The molecule has 248 valence electrons. The number of rotatable bonds is 8. The van der Waals surface area contributed by atoms with Gasteiger partial charge in [0.05, 0.1) is 16.8 Å². The maximum absolute atomic E-state index is 14.0. The van der Waals surface area contributed by atoms with Crippen molar-refractivity contribution in [2.24, 2.45) is 5.73 Å². The van der Waals surface area contributed by atoms with E-state index < -0.39 is 11.9 Å². The first-order chi connectivity index (χ1) is 23.1.